The second kappa shape index (κ2) is 8.32. The van der Waals surface area contributed by atoms with Crippen molar-refractivity contribution in [2.75, 3.05) is 38.3 Å². The first kappa shape index (κ1) is 22.2. The molecule has 33 heavy (non-hydrogen) atoms. The fourth-order valence-electron chi connectivity index (χ4n) is 5.31. The lowest BCUT2D eigenvalue weighted by atomic mass is 9.87. The molecule has 2 atom stereocenters. The van der Waals surface area contributed by atoms with Crippen molar-refractivity contribution in [1.29, 1.82) is 0 Å². The highest BCUT2D eigenvalue weighted by molar-refractivity contribution is 6.33. The summed E-state index contributed by atoms with van der Waals surface area (Å²) >= 11 is 6.63. The van der Waals surface area contributed by atoms with Crippen LogP contribution >= 0.6 is 11.6 Å². The Labute approximate surface area is 200 Å². The fraction of sp³-hybridized carbons (Fsp3) is 0.500. The second-order valence-corrected chi connectivity index (χ2v) is 10.4. The summed E-state index contributed by atoms with van der Waals surface area (Å²) in [6.45, 7) is 8.73. The van der Waals surface area contributed by atoms with Crippen LogP contribution in [0.3, 0.4) is 0 Å². The summed E-state index contributed by atoms with van der Waals surface area (Å²) in [7, 11) is 1.64. The van der Waals surface area contributed by atoms with E-state index >= 15 is 0 Å². The lowest BCUT2D eigenvalue weighted by Crippen LogP contribution is -2.49. The smallest absolute Gasteiger partial charge is 0.410 e. The van der Waals surface area contributed by atoms with Gasteiger partial charge in [-0.25, -0.2) is 4.79 Å². The van der Waals surface area contributed by atoms with Gasteiger partial charge in [0.15, 0.2) is 0 Å². The lowest BCUT2D eigenvalue weighted by Gasteiger charge is -2.39. The van der Waals surface area contributed by atoms with Gasteiger partial charge in [-0.2, -0.15) is 0 Å². The predicted octanol–water partition coefficient (Wildman–Crippen LogP) is 5.71. The van der Waals surface area contributed by atoms with E-state index in [4.69, 9.17) is 25.8 Å². The van der Waals surface area contributed by atoms with E-state index in [0.717, 1.165) is 42.0 Å². The molecule has 0 aromatic heterocycles. The van der Waals surface area contributed by atoms with Crippen molar-refractivity contribution in [3.63, 3.8) is 0 Å². The SMILES string of the molecule is COc1ccc(-c2cc3c4c(c2)[C@@H]2CN(C(=O)OC(C)(C)C)CC[C@@H]2N4CCCO3)c(Cl)c1. The third-order valence-corrected chi connectivity index (χ3v) is 7.02. The van der Waals surface area contributed by atoms with E-state index < -0.39 is 5.60 Å². The molecule has 3 aliphatic rings. The Kier molecular flexibility index (Phi) is 5.60. The molecule has 0 radical (unpaired) electrons. The van der Waals surface area contributed by atoms with Crippen molar-refractivity contribution < 1.29 is 19.0 Å². The van der Waals surface area contributed by atoms with Gasteiger partial charge in [-0.1, -0.05) is 11.6 Å². The van der Waals surface area contributed by atoms with Gasteiger partial charge in [-0.3, -0.25) is 0 Å². The third kappa shape index (κ3) is 4.10. The molecule has 1 saturated heterocycles. The van der Waals surface area contributed by atoms with Crippen molar-refractivity contribution in [1.82, 2.24) is 4.90 Å². The van der Waals surface area contributed by atoms with Gasteiger partial charge in [0.25, 0.3) is 0 Å². The number of amides is 1. The number of hydrogen-bond donors (Lipinski definition) is 0. The van der Waals surface area contributed by atoms with Crippen LogP contribution in [0.25, 0.3) is 11.1 Å². The number of nitrogens with zero attached hydrogens (tertiary/aromatic N) is 2. The number of halogens is 1. The van der Waals surface area contributed by atoms with E-state index in [0.29, 0.717) is 30.8 Å². The first-order valence-corrected chi connectivity index (χ1v) is 12.0. The van der Waals surface area contributed by atoms with Crippen LogP contribution in [0.4, 0.5) is 10.5 Å². The first-order valence-electron chi connectivity index (χ1n) is 11.6. The number of piperidine rings is 1. The van der Waals surface area contributed by atoms with Crippen molar-refractivity contribution in [3.05, 3.63) is 40.9 Å². The summed E-state index contributed by atoms with van der Waals surface area (Å²) in [6.07, 6.45) is 1.65. The normalized spacial score (nSPS) is 21.6. The fourth-order valence-corrected chi connectivity index (χ4v) is 5.59. The van der Waals surface area contributed by atoms with Gasteiger partial charge in [-0.15, -0.1) is 0 Å². The Balaban J connectivity index is 1.54. The molecule has 5 rings (SSSR count). The average molecular weight is 471 g/mol. The number of hydrogen-bond acceptors (Lipinski definition) is 5. The van der Waals surface area contributed by atoms with E-state index in [1.54, 1.807) is 7.11 Å². The highest BCUT2D eigenvalue weighted by atomic mass is 35.5. The summed E-state index contributed by atoms with van der Waals surface area (Å²) in [5, 5.41) is 0.639. The van der Waals surface area contributed by atoms with Crippen LogP contribution < -0.4 is 14.4 Å². The number of benzene rings is 2. The zero-order valence-electron chi connectivity index (χ0n) is 19.7. The maximum atomic E-state index is 12.8. The lowest BCUT2D eigenvalue weighted by molar-refractivity contribution is 0.0189. The second-order valence-electron chi connectivity index (χ2n) is 10.0. The molecule has 2 aromatic rings. The maximum Gasteiger partial charge on any atom is 0.410 e. The molecule has 0 aliphatic carbocycles. The van der Waals surface area contributed by atoms with Gasteiger partial charge in [0, 0.05) is 37.2 Å². The molecule has 0 N–H and O–H groups in total. The molecule has 1 fully saturated rings. The van der Waals surface area contributed by atoms with E-state index in [-0.39, 0.29) is 12.0 Å². The van der Waals surface area contributed by atoms with Crippen molar-refractivity contribution in [2.24, 2.45) is 0 Å². The largest absolute Gasteiger partial charge is 0.497 e. The molecule has 176 valence electrons. The highest BCUT2D eigenvalue weighted by Crippen LogP contribution is 2.52. The molecule has 2 aromatic carbocycles. The predicted molar refractivity (Wildman–Crippen MR) is 130 cm³/mol. The van der Waals surface area contributed by atoms with Gasteiger partial charge >= 0.3 is 6.09 Å². The summed E-state index contributed by atoms with van der Waals surface area (Å²) < 4.78 is 17.2. The van der Waals surface area contributed by atoms with Crippen LogP contribution in [0, 0.1) is 0 Å². The molecule has 6 nitrogen and oxygen atoms in total. The van der Waals surface area contributed by atoms with E-state index in [1.165, 1.54) is 11.3 Å². The van der Waals surface area contributed by atoms with E-state index in [9.17, 15) is 4.79 Å². The molecule has 0 unspecified atom stereocenters. The number of ether oxygens (including phenoxy) is 3. The molecule has 0 spiro atoms. The third-order valence-electron chi connectivity index (χ3n) is 6.71. The molecular weight excluding hydrogens is 440 g/mol. The Morgan fingerprint density at radius 3 is 2.73 bits per heavy atom. The summed E-state index contributed by atoms with van der Waals surface area (Å²) in [5.41, 5.74) is 3.87. The van der Waals surface area contributed by atoms with Gasteiger partial charge in [0.2, 0.25) is 0 Å². The average Bonchev–Trinajstić information content (AvgIpc) is 2.92. The number of carbonyl (C=O) groups excluding carboxylic acids is 1. The number of methoxy groups -OCH3 is 1. The van der Waals surface area contributed by atoms with Crippen LogP contribution in [0.1, 0.15) is 45.1 Å². The van der Waals surface area contributed by atoms with Crippen molar-refractivity contribution >= 4 is 23.4 Å². The van der Waals surface area contributed by atoms with E-state index in [2.05, 4.69) is 17.0 Å². The minimum atomic E-state index is -0.506. The molecule has 1 amide bonds. The standard InChI is InChI=1S/C26H31ClN2O4/c1-26(2,3)33-25(30)28-10-8-22-20(15-28)19-12-16(18-7-6-17(31-4)14-21(18)27)13-23-24(19)29(22)9-5-11-32-23/h6-7,12-14,20,22H,5,8-11,15H2,1-4H3/t20-,22-/m0/s1. The summed E-state index contributed by atoms with van der Waals surface area (Å²) in [4.78, 5) is 17.2. The Morgan fingerprint density at radius 2 is 2.00 bits per heavy atom. The van der Waals surface area contributed by atoms with Crippen LogP contribution in [-0.2, 0) is 4.74 Å². The first-order chi connectivity index (χ1) is 15.7. The Morgan fingerprint density at radius 1 is 1.18 bits per heavy atom. The van der Waals surface area contributed by atoms with Gasteiger partial charge in [0.05, 0.1) is 24.4 Å². The van der Waals surface area contributed by atoms with Crippen LogP contribution in [0.5, 0.6) is 11.5 Å². The number of likely N-dealkylation sites (tertiary alicyclic amines) is 1. The van der Waals surface area contributed by atoms with Crippen molar-refractivity contribution in [2.45, 2.75) is 51.2 Å². The van der Waals surface area contributed by atoms with E-state index in [1.807, 2.05) is 43.9 Å². The Bertz CT molecular complexity index is 1080. The Hall–Kier alpha value is -2.60. The maximum absolute atomic E-state index is 12.8. The monoisotopic (exact) mass is 470 g/mol. The number of anilines is 1. The molecule has 0 saturated carbocycles. The molecular formula is C26H31ClN2O4. The highest BCUT2D eigenvalue weighted by Gasteiger charge is 2.45. The van der Waals surface area contributed by atoms with Crippen LogP contribution in [0.2, 0.25) is 5.02 Å². The minimum Gasteiger partial charge on any atom is -0.497 e. The zero-order chi connectivity index (χ0) is 23.3. The molecule has 3 aliphatic heterocycles. The van der Waals surface area contributed by atoms with Gasteiger partial charge in [0.1, 0.15) is 17.1 Å². The van der Waals surface area contributed by atoms with Gasteiger partial charge in [-0.05, 0) is 75.1 Å². The number of rotatable bonds is 2. The topological polar surface area (TPSA) is 51.2 Å². The summed E-state index contributed by atoms with van der Waals surface area (Å²) in [5.74, 6) is 1.84. The summed E-state index contributed by atoms with van der Waals surface area (Å²) in [6, 6.07) is 10.5. The molecule has 3 heterocycles. The minimum absolute atomic E-state index is 0.207. The zero-order valence-corrected chi connectivity index (χ0v) is 20.4. The van der Waals surface area contributed by atoms with Gasteiger partial charge < -0.3 is 24.0 Å². The quantitative estimate of drug-likeness (QED) is 0.562. The van der Waals surface area contributed by atoms with Crippen molar-refractivity contribution in [3.8, 4) is 22.6 Å². The van der Waals surface area contributed by atoms with Crippen LogP contribution in [0.15, 0.2) is 30.3 Å². The number of carbonyl (C=O) groups is 1. The molecule has 0 bridgehead atoms. The molecule has 7 heteroatoms. The number of fused-ring (bicyclic) bond motifs is 3. The van der Waals surface area contributed by atoms with Crippen LogP contribution in [-0.4, -0.2) is 56.0 Å².